The quantitative estimate of drug-likeness (QED) is 0.424. The van der Waals surface area contributed by atoms with E-state index in [0.717, 1.165) is 67.1 Å². The molecule has 4 aromatic heterocycles. The van der Waals surface area contributed by atoms with Gasteiger partial charge >= 0.3 is 0 Å². The van der Waals surface area contributed by atoms with Gasteiger partial charge in [0.05, 0.1) is 25.3 Å². The lowest BCUT2D eigenvalue weighted by atomic mass is 10.1. The fourth-order valence-corrected chi connectivity index (χ4v) is 4.01. The number of hydrogen-bond donors (Lipinski definition) is 1. The van der Waals surface area contributed by atoms with Gasteiger partial charge < -0.3 is 19.1 Å². The molecule has 0 radical (unpaired) electrons. The Kier molecular flexibility index (Phi) is 7.99. The average Bonchev–Trinajstić information content (AvgIpc) is 3.33. The molecular weight excluding hydrogens is 444 g/mol. The Morgan fingerprint density at radius 3 is 2.60 bits per heavy atom. The highest BCUT2D eigenvalue weighted by Crippen LogP contribution is 2.20. The normalized spacial score (nSPS) is 13.5. The summed E-state index contributed by atoms with van der Waals surface area (Å²) in [6.45, 7) is 7.22. The summed E-state index contributed by atoms with van der Waals surface area (Å²) >= 11 is 0. The first-order valence-electron chi connectivity index (χ1n) is 11.7. The lowest BCUT2D eigenvalue weighted by Gasteiger charge is -2.28. The molecule has 1 N–H and O–H groups in total. The third-order valence-electron chi connectivity index (χ3n) is 5.75. The number of hydrogen-bond acceptors (Lipinski definition) is 7. The van der Waals surface area contributed by atoms with Gasteiger partial charge in [0.25, 0.3) is 6.47 Å². The SMILES string of the molecule is CC(C)c1cccc(Cc2nc(Cc3ccn4ccnc4c3)cc(N3CCOCC3)n2)n1.O=CO. The van der Waals surface area contributed by atoms with Crippen LogP contribution in [-0.4, -0.2) is 62.2 Å². The number of ether oxygens (including phenoxy) is 1. The highest BCUT2D eigenvalue weighted by Gasteiger charge is 2.16. The number of carboxylic acid groups (broad SMARTS) is 1. The minimum absolute atomic E-state index is 0.250. The van der Waals surface area contributed by atoms with E-state index < -0.39 is 0 Å². The van der Waals surface area contributed by atoms with E-state index in [0.29, 0.717) is 12.3 Å². The lowest BCUT2D eigenvalue weighted by molar-refractivity contribution is -0.122. The number of anilines is 1. The first kappa shape index (κ1) is 24.3. The number of rotatable bonds is 6. The molecule has 0 spiro atoms. The maximum Gasteiger partial charge on any atom is 0.290 e. The molecule has 1 aliphatic heterocycles. The molecular formula is C26H30N6O3. The van der Waals surface area contributed by atoms with Crippen LogP contribution >= 0.6 is 0 Å². The Morgan fingerprint density at radius 2 is 1.83 bits per heavy atom. The fourth-order valence-electron chi connectivity index (χ4n) is 4.01. The second-order valence-corrected chi connectivity index (χ2v) is 8.63. The highest BCUT2D eigenvalue weighted by atomic mass is 16.5. The standard InChI is InChI=1S/C25H28N6O.CH2O2/c1-18(2)22-5-3-4-20(27-22)16-23-28-21(17-25(29-23)31-10-12-32-13-11-31)14-19-6-8-30-9-7-26-24(30)15-19;2-1-3/h3-9,15,17-18H,10-14,16H2,1-2H3;1H,(H,2,3). The molecule has 4 aromatic rings. The third-order valence-corrected chi connectivity index (χ3v) is 5.75. The summed E-state index contributed by atoms with van der Waals surface area (Å²) in [6, 6.07) is 12.6. The second-order valence-electron chi connectivity index (χ2n) is 8.63. The molecule has 5 heterocycles. The predicted octanol–water partition coefficient (Wildman–Crippen LogP) is 3.36. The van der Waals surface area contributed by atoms with Gasteiger partial charge in [-0.25, -0.2) is 15.0 Å². The number of pyridine rings is 2. The van der Waals surface area contributed by atoms with E-state index in [1.54, 1.807) is 0 Å². The summed E-state index contributed by atoms with van der Waals surface area (Å²) in [5, 5.41) is 6.89. The van der Waals surface area contributed by atoms with Crippen molar-refractivity contribution in [1.82, 2.24) is 24.3 Å². The molecule has 0 saturated carbocycles. The van der Waals surface area contributed by atoms with Crippen LogP contribution in [0.3, 0.4) is 0 Å². The van der Waals surface area contributed by atoms with Crippen molar-refractivity contribution in [3.05, 3.63) is 83.5 Å². The Hall–Kier alpha value is -3.85. The monoisotopic (exact) mass is 474 g/mol. The van der Waals surface area contributed by atoms with Gasteiger partial charge in [-0.3, -0.25) is 9.78 Å². The number of morpholine rings is 1. The first-order valence-corrected chi connectivity index (χ1v) is 11.7. The van der Waals surface area contributed by atoms with Crippen molar-refractivity contribution in [2.45, 2.75) is 32.6 Å². The van der Waals surface area contributed by atoms with Crippen LogP contribution in [0.25, 0.3) is 5.65 Å². The molecule has 0 atom stereocenters. The van der Waals surface area contributed by atoms with Gasteiger partial charge in [0.2, 0.25) is 0 Å². The zero-order chi connectivity index (χ0) is 24.6. The summed E-state index contributed by atoms with van der Waals surface area (Å²) in [5.74, 6) is 2.16. The smallest absolute Gasteiger partial charge is 0.290 e. The maximum atomic E-state index is 8.36. The van der Waals surface area contributed by atoms with E-state index in [1.165, 1.54) is 5.56 Å². The van der Waals surface area contributed by atoms with Gasteiger partial charge in [0.15, 0.2) is 0 Å². The van der Waals surface area contributed by atoms with Crippen LogP contribution in [-0.2, 0) is 22.4 Å². The van der Waals surface area contributed by atoms with Gasteiger partial charge in [-0.1, -0.05) is 19.9 Å². The number of nitrogens with zero attached hydrogens (tertiary/aromatic N) is 6. The molecule has 0 unspecified atom stereocenters. The van der Waals surface area contributed by atoms with Gasteiger partial charge in [0.1, 0.15) is 17.3 Å². The number of imidazole rings is 1. The largest absolute Gasteiger partial charge is 0.483 e. The Bertz CT molecular complexity index is 1270. The van der Waals surface area contributed by atoms with Crippen molar-refractivity contribution in [1.29, 1.82) is 0 Å². The predicted molar refractivity (Wildman–Crippen MR) is 133 cm³/mol. The van der Waals surface area contributed by atoms with Gasteiger partial charge in [-0.15, -0.1) is 0 Å². The van der Waals surface area contributed by atoms with Crippen LogP contribution < -0.4 is 4.90 Å². The summed E-state index contributed by atoms with van der Waals surface area (Å²) < 4.78 is 7.55. The van der Waals surface area contributed by atoms with Gasteiger partial charge in [0, 0.05) is 55.6 Å². The molecule has 9 nitrogen and oxygen atoms in total. The van der Waals surface area contributed by atoms with Crippen molar-refractivity contribution in [2.75, 3.05) is 31.2 Å². The third kappa shape index (κ3) is 6.39. The van der Waals surface area contributed by atoms with Crippen molar-refractivity contribution in [3.8, 4) is 0 Å². The molecule has 35 heavy (non-hydrogen) atoms. The van der Waals surface area contributed by atoms with E-state index in [9.17, 15) is 0 Å². The van der Waals surface area contributed by atoms with Crippen LogP contribution in [0.4, 0.5) is 5.82 Å². The van der Waals surface area contributed by atoms with Crippen LogP contribution in [0, 0.1) is 0 Å². The Balaban J connectivity index is 0.000000917. The van der Waals surface area contributed by atoms with Crippen molar-refractivity contribution >= 4 is 17.9 Å². The second kappa shape index (κ2) is 11.5. The zero-order valence-corrected chi connectivity index (χ0v) is 20.0. The van der Waals surface area contributed by atoms with Gasteiger partial charge in [-0.2, -0.15) is 0 Å². The van der Waals surface area contributed by atoms with Crippen LogP contribution in [0.5, 0.6) is 0 Å². The summed E-state index contributed by atoms with van der Waals surface area (Å²) in [6.07, 6.45) is 7.16. The molecule has 1 aliphatic rings. The van der Waals surface area contributed by atoms with Crippen molar-refractivity contribution < 1.29 is 14.6 Å². The molecule has 1 saturated heterocycles. The summed E-state index contributed by atoms with van der Waals surface area (Å²) in [5.41, 5.74) is 5.23. The summed E-state index contributed by atoms with van der Waals surface area (Å²) in [7, 11) is 0. The summed E-state index contributed by atoms with van der Waals surface area (Å²) in [4.78, 5) is 29.7. The van der Waals surface area contributed by atoms with E-state index >= 15 is 0 Å². The number of aromatic nitrogens is 5. The van der Waals surface area contributed by atoms with Crippen LogP contribution in [0.1, 0.15) is 48.2 Å². The van der Waals surface area contributed by atoms with Gasteiger partial charge in [-0.05, 0) is 35.7 Å². The van der Waals surface area contributed by atoms with Crippen molar-refractivity contribution in [2.24, 2.45) is 0 Å². The molecule has 0 amide bonds. The molecule has 5 rings (SSSR count). The van der Waals surface area contributed by atoms with E-state index in [4.69, 9.17) is 29.6 Å². The minimum atomic E-state index is -0.250. The molecule has 0 aliphatic carbocycles. The van der Waals surface area contributed by atoms with Crippen LogP contribution in [0.15, 0.2) is 55.0 Å². The Morgan fingerprint density at radius 1 is 1.03 bits per heavy atom. The molecule has 0 aromatic carbocycles. The van der Waals surface area contributed by atoms with E-state index in [-0.39, 0.29) is 6.47 Å². The molecule has 9 heteroatoms. The van der Waals surface area contributed by atoms with Crippen LogP contribution in [0.2, 0.25) is 0 Å². The number of carbonyl (C=O) groups is 1. The number of fused-ring (bicyclic) bond motifs is 1. The fraction of sp³-hybridized carbons (Fsp3) is 0.346. The Labute approximate surface area is 204 Å². The first-order chi connectivity index (χ1) is 17.1. The highest BCUT2D eigenvalue weighted by molar-refractivity contribution is 5.45. The molecule has 1 fully saturated rings. The van der Waals surface area contributed by atoms with E-state index in [2.05, 4.69) is 60.1 Å². The zero-order valence-electron chi connectivity index (χ0n) is 20.0. The molecule has 0 bridgehead atoms. The molecule has 182 valence electrons. The lowest BCUT2D eigenvalue weighted by Crippen LogP contribution is -2.37. The van der Waals surface area contributed by atoms with E-state index in [1.807, 2.05) is 23.0 Å². The maximum absolute atomic E-state index is 8.36. The minimum Gasteiger partial charge on any atom is -0.483 e. The topological polar surface area (TPSA) is 106 Å². The average molecular weight is 475 g/mol. The van der Waals surface area contributed by atoms with Crippen molar-refractivity contribution in [3.63, 3.8) is 0 Å².